The summed E-state index contributed by atoms with van der Waals surface area (Å²) < 4.78 is 4.69. The molecule has 0 radical (unpaired) electrons. The molecule has 2 heterocycles. The molecule has 4 aromatic rings. The second-order valence-electron chi connectivity index (χ2n) is 6.88. The van der Waals surface area contributed by atoms with Gasteiger partial charge in [0.1, 0.15) is 10.3 Å². The number of aromatic nitrogens is 3. The highest BCUT2D eigenvalue weighted by Crippen LogP contribution is 2.24. The summed E-state index contributed by atoms with van der Waals surface area (Å²) in [6, 6.07) is 16.6. The van der Waals surface area contributed by atoms with Crippen LogP contribution in [0.2, 0.25) is 5.02 Å². The SMILES string of the molecule is CCN(CC)CC.O=c1c2sc(=S)n(-c3ccc(Cl)cc3)c2[nH]c(=S)n1-c1ccccc1. The molecular weight excluding hydrogens is 480 g/mol. The summed E-state index contributed by atoms with van der Waals surface area (Å²) >= 11 is 18.1. The number of benzene rings is 2. The van der Waals surface area contributed by atoms with E-state index < -0.39 is 0 Å². The molecule has 0 atom stereocenters. The molecule has 0 saturated heterocycles. The first-order chi connectivity index (χ1) is 15.4. The number of rotatable bonds is 5. The second-order valence-corrected chi connectivity index (χ2v) is 9.35. The van der Waals surface area contributed by atoms with Gasteiger partial charge in [-0.1, -0.05) is 61.9 Å². The maximum absolute atomic E-state index is 13.0. The molecule has 32 heavy (non-hydrogen) atoms. The molecule has 0 unspecified atom stereocenters. The van der Waals surface area contributed by atoms with Gasteiger partial charge in [-0.15, -0.1) is 0 Å². The van der Waals surface area contributed by atoms with Crippen molar-refractivity contribution in [3.63, 3.8) is 0 Å². The van der Waals surface area contributed by atoms with Crippen LogP contribution in [-0.2, 0) is 0 Å². The van der Waals surface area contributed by atoms with Gasteiger partial charge >= 0.3 is 0 Å². The maximum Gasteiger partial charge on any atom is 0.278 e. The number of fused-ring (bicyclic) bond motifs is 1. The lowest BCUT2D eigenvalue weighted by Gasteiger charge is -2.13. The summed E-state index contributed by atoms with van der Waals surface area (Å²) in [5.41, 5.74) is 1.95. The number of halogens is 1. The summed E-state index contributed by atoms with van der Waals surface area (Å²) in [5, 5.41) is 0.633. The standard InChI is InChI=1S/C17H10ClN3OS3.C6H15N/c18-10-6-8-12(9-7-10)20-14-13(25-17(20)24)15(22)21(16(23)19-14)11-4-2-1-3-5-11;1-4-7(5-2)6-3/h1-9H,(H,19,23);4-6H2,1-3H3. The van der Waals surface area contributed by atoms with Crippen molar-refractivity contribution in [3.8, 4) is 11.4 Å². The fourth-order valence-electron chi connectivity index (χ4n) is 3.29. The third-order valence-corrected chi connectivity index (χ3v) is 6.98. The zero-order chi connectivity index (χ0) is 23.3. The Balaban J connectivity index is 0.000000360. The Bertz CT molecular complexity index is 1350. The summed E-state index contributed by atoms with van der Waals surface area (Å²) in [6.45, 7) is 10.1. The lowest BCUT2D eigenvalue weighted by atomic mass is 10.3. The van der Waals surface area contributed by atoms with Gasteiger partial charge in [-0.05, 0) is 80.5 Å². The van der Waals surface area contributed by atoms with Crippen LogP contribution >= 0.6 is 47.4 Å². The van der Waals surface area contributed by atoms with Crippen LogP contribution in [0.4, 0.5) is 0 Å². The smallest absolute Gasteiger partial charge is 0.278 e. The molecule has 0 fully saturated rings. The Morgan fingerprint density at radius 2 is 1.47 bits per heavy atom. The summed E-state index contributed by atoms with van der Waals surface area (Å²) in [6.07, 6.45) is 0. The Morgan fingerprint density at radius 3 is 2.00 bits per heavy atom. The van der Waals surface area contributed by atoms with Crippen molar-refractivity contribution < 1.29 is 0 Å². The number of hydrogen-bond donors (Lipinski definition) is 1. The first-order valence-electron chi connectivity index (χ1n) is 10.4. The minimum atomic E-state index is -0.186. The van der Waals surface area contributed by atoms with Gasteiger partial charge < -0.3 is 9.88 Å². The number of thiazole rings is 1. The molecule has 4 rings (SSSR count). The maximum atomic E-state index is 13.0. The number of hydrogen-bond acceptors (Lipinski definition) is 5. The molecule has 0 aliphatic carbocycles. The van der Waals surface area contributed by atoms with E-state index in [9.17, 15) is 4.79 Å². The van der Waals surface area contributed by atoms with Crippen LogP contribution in [0.15, 0.2) is 59.4 Å². The Hall–Kier alpha value is -2.10. The van der Waals surface area contributed by atoms with E-state index in [1.807, 2.05) is 42.5 Å². The van der Waals surface area contributed by atoms with Crippen LogP contribution in [0.1, 0.15) is 20.8 Å². The summed E-state index contributed by atoms with van der Waals surface area (Å²) in [4.78, 5) is 18.5. The van der Waals surface area contributed by atoms with Crippen LogP contribution < -0.4 is 5.56 Å². The topological polar surface area (TPSA) is 46.0 Å². The van der Waals surface area contributed by atoms with Crippen molar-refractivity contribution in [3.05, 3.63) is 78.7 Å². The second kappa shape index (κ2) is 11.2. The Labute approximate surface area is 206 Å². The zero-order valence-corrected chi connectivity index (χ0v) is 21.4. The number of nitrogens with one attached hydrogen (secondary N) is 1. The van der Waals surface area contributed by atoms with Crippen LogP contribution in [-0.4, -0.2) is 38.7 Å². The predicted octanol–water partition coefficient (Wildman–Crippen LogP) is 6.63. The first kappa shape index (κ1) is 24.5. The van der Waals surface area contributed by atoms with E-state index in [1.54, 1.807) is 16.7 Å². The highest BCUT2D eigenvalue weighted by Gasteiger charge is 2.14. The van der Waals surface area contributed by atoms with Crippen LogP contribution in [0.25, 0.3) is 21.7 Å². The van der Waals surface area contributed by atoms with Crippen molar-refractivity contribution in [2.75, 3.05) is 19.6 Å². The van der Waals surface area contributed by atoms with Gasteiger partial charge in [0.25, 0.3) is 5.56 Å². The van der Waals surface area contributed by atoms with E-state index in [4.69, 9.17) is 36.0 Å². The molecule has 168 valence electrons. The lowest BCUT2D eigenvalue weighted by Crippen LogP contribution is -2.21. The van der Waals surface area contributed by atoms with Gasteiger partial charge in [0.05, 0.1) is 5.69 Å². The normalized spacial score (nSPS) is 10.9. The van der Waals surface area contributed by atoms with E-state index in [-0.39, 0.29) is 5.56 Å². The van der Waals surface area contributed by atoms with E-state index in [1.165, 1.54) is 35.5 Å². The molecule has 2 aromatic carbocycles. The average molecular weight is 505 g/mol. The van der Waals surface area contributed by atoms with Gasteiger partial charge in [0.15, 0.2) is 8.73 Å². The van der Waals surface area contributed by atoms with Crippen molar-refractivity contribution in [2.45, 2.75) is 20.8 Å². The fourth-order valence-corrected chi connectivity index (χ4v) is 5.03. The minimum absolute atomic E-state index is 0.186. The molecule has 0 spiro atoms. The largest absolute Gasteiger partial charge is 0.316 e. The van der Waals surface area contributed by atoms with Crippen molar-refractivity contribution in [1.82, 2.24) is 19.0 Å². The molecule has 0 aliphatic rings. The highest BCUT2D eigenvalue weighted by atomic mass is 35.5. The predicted molar refractivity (Wildman–Crippen MR) is 141 cm³/mol. The molecule has 0 amide bonds. The highest BCUT2D eigenvalue weighted by molar-refractivity contribution is 7.73. The summed E-state index contributed by atoms with van der Waals surface area (Å²) in [7, 11) is 0. The Morgan fingerprint density at radius 1 is 0.906 bits per heavy atom. The van der Waals surface area contributed by atoms with Crippen molar-refractivity contribution in [1.29, 1.82) is 0 Å². The van der Waals surface area contributed by atoms with E-state index in [0.717, 1.165) is 5.69 Å². The molecule has 0 bridgehead atoms. The van der Waals surface area contributed by atoms with Gasteiger partial charge in [-0.3, -0.25) is 13.9 Å². The van der Waals surface area contributed by atoms with E-state index in [2.05, 4.69) is 30.7 Å². The van der Waals surface area contributed by atoms with Crippen molar-refractivity contribution in [2.24, 2.45) is 0 Å². The number of nitrogens with zero attached hydrogens (tertiary/aromatic N) is 3. The molecule has 1 N–H and O–H groups in total. The minimum Gasteiger partial charge on any atom is -0.316 e. The molecule has 5 nitrogen and oxygen atoms in total. The van der Waals surface area contributed by atoms with E-state index >= 15 is 0 Å². The lowest BCUT2D eigenvalue weighted by molar-refractivity contribution is 0.321. The fraction of sp³-hybridized carbons (Fsp3) is 0.261. The van der Waals surface area contributed by atoms with E-state index in [0.29, 0.717) is 29.8 Å². The third kappa shape index (κ3) is 5.27. The van der Waals surface area contributed by atoms with Gasteiger partial charge in [0, 0.05) is 10.7 Å². The molecular formula is C23H25ClN4OS3. The summed E-state index contributed by atoms with van der Waals surface area (Å²) in [5.74, 6) is 0. The monoisotopic (exact) mass is 504 g/mol. The third-order valence-electron chi connectivity index (χ3n) is 5.08. The van der Waals surface area contributed by atoms with Crippen LogP contribution in [0, 0.1) is 8.73 Å². The number of aromatic amines is 1. The molecule has 9 heteroatoms. The first-order valence-corrected chi connectivity index (χ1v) is 12.4. The number of H-pyrrole nitrogens is 1. The van der Waals surface area contributed by atoms with Crippen LogP contribution in [0.5, 0.6) is 0 Å². The van der Waals surface area contributed by atoms with Gasteiger partial charge in [-0.25, -0.2) is 0 Å². The quantitative estimate of drug-likeness (QED) is 0.310. The van der Waals surface area contributed by atoms with Crippen LogP contribution in [0.3, 0.4) is 0 Å². The molecule has 0 saturated carbocycles. The zero-order valence-electron chi connectivity index (χ0n) is 18.2. The average Bonchev–Trinajstić information content (AvgIpc) is 3.13. The number of para-hydroxylation sites is 1. The van der Waals surface area contributed by atoms with Gasteiger partial charge in [-0.2, -0.15) is 0 Å². The van der Waals surface area contributed by atoms with Gasteiger partial charge in [0.2, 0.25) is 0 Å². The van der Waals surface area contributed by atoms with Crippen molar-refractivity contribution >= 4 is 57.7 Å². The molecule has 0 aliphatic heterocycles. The molecule has 2 aromatic heterocycles. The Kier molecular flexibility index (Phi) is 8.56.